The van der Waals surface area contributed by atoms with Crippen molar-refractivity contribution in [1.82, 2.24) is 19.7 Å². The van der Waals surface area contributed by atoms with Gasteiger partial charge < -0.3 is 15.1 Å². The monoisotopic (exact) mass is 349 g/mol. The molecule has 25 heavy (non-hydrogen) atoms. The molecule has 1 amide bonds. The summed E-state index contributed by atoms with van der Waals surface area (Å²) in [4.78, 5) is 28.0. The summed E-state index contributed by atoms with van der Waals surface area (Å²) >= 11 is 0. The molecule has 2 N–H and O–H groups in total. The lowest BCUT2D eigenvalue weighted by Gasteiger charge is -2.23. The molecule has 0 saturated carbocycles. The van der Waals surface area contributed by atoms with Crippen LogP contribution in [0.4, 0.5) is 5.69 Å². The third-order valence-corrected chi connectivity index (χ3v) is 3.81. The number of pyridine rings is 1. The molecule has 0 aromatic carbocycles. The summed E-state index contributed by atoms with van der Waals surface area (Å²) in [5.74, 6) is -0.384. The molecule has 0 aliphatic rings. The maximum Gasteiger partial charge on any atom is 0.307 e. The third-order valence-electron chi connectivity index (χ3n) is 3.81. The predicted octanol–water partition coefficient (Wildman–Crippen LogP) is 0.741. The van der Waals surface area contributed by atoms with Crippen LogP contribution in [0.25, 0.3) is 0 Å². The van der Waals surface area contributed by atoms with Crippen LogP contribution in [0, 0.1) is 17.0 Å². The second-order valence-corrected chi connectivity index (χ2v) is 5.42. The normalized spacial score (nSPS) is 10.7. The van der Waals surface area contributed by atoms with Gasteiger partial charge in [0, 0.05) is 30.4 Å². The molecule has 2 rings (SSSR count). The van der Waals surface area contributed by atoms with E-state index in [1.165, 1.54) is 22.0 Å². The molecule has 0 bridgehead atoms. The smallest absolute Gasteiger partial charge is 0.307 e. The number of aliphatic hydroxyl groups is 1. The second-order valence-electron chi connectivity index (χ2n) is 5.42. The van der Waals surface area contributed by atoms with Crippen molar-refractivity contribution in [2.75, 3.05) is 6.54 Å². The van der Waals surface area contributed by atoms with Crippen molar-refractivity contribution in [2.24, 2.45) is 0 Å². The van der Waals surface area contributed by atoms with Crippen LogP contribution in [0.5, 0.6) is 5.75 Å². The summed E-state index contributed by atoms with van der Waals surface area (Å²) < 4.78 is 1.19. The van der Waals surface area contributed by atoms with E-state index in [0.717, 1.165) is 6.20 Å². The van der Waals surface area contributed by atoms with Gasteiger partial charge in [0.15, 0.2) is 0 Å². The lowest BCUT2D eigenvalue weighted by Crippen LogP contribution is -2.33. The van der Waals surface area contributed by atoms with Gasteiger partial charge in [0.25, 0.3) is 0 Å². The first-order chi connectivity index (χ1) is 11.9. The van der Waals surface area contributed by atoms with Gasteiger partial charge in [0.05, 0.1) is 17.2 Å². The Morgan fingerprint density at radius 1 is 1.44 bits per heavy atom. The minimum absolute atomic E-state index is 0.0625. The molecule has 0 radical (unpaired) electrons. The van der Waals surface area contributed by atoms with Gasteiger partial charge in [-0.15, -0.1) is 0 Å². The van der Waals surface area contributed by atoms with Crippen LogP contribution < -0.4 is 0 Å². The Bertz CT molecular complexity index is 789. The number of aliphatic hydroxyl groups excluding tert-OH is 1. The fourth-order valence-electron chi connectivity index (χ4n) is 2.34. The average Bonchev–Trinajstić information content (AvgIpc) is 3.04. The minimum atomic E-state index is -0.586. The SMILES string of the molecule is CCN(Cc1c(CO)cnc(C)c1O)C(=O)Cn1cc([N+](=O)[O-])cn1. The van der Waals surface area contributed by atoms with E-state index < -0.39 is 4.92 Å². The van der Waals surface area contributed by atoms with Gasteiger partial charge >= 0.3 is 5.69 Å². The van der Waals surface area contributed by atoms with E-state index in [-0.39, 0.29) is 37.0 Å². The summed E-state index contributed by atoms with van der Waals surface area (Å²) in [5, 5.41) is 34.1. The third kappa shape index (κ3) is 4.10. The molecule has 0 saturated heterocycles. The largest absolute Gasteiger partial charge is 0.506 e. The highest BCUT2D eigenvalue weighted by Crippen LogP contribution is 2.25. The Balaban J connectivity index is 2.18. The first kappa shape index (κ1) is 18.3. The Morgan fingerprint density at radius 3 is 2.72 bits per heavy atom. The number of amides is 1. The zero-order valence-corrected chi connectivity index (χ0v) is 13.9. The molecule has 0 aliphatic carbocycles. The first-order valence-electron chi connectivity index (χ1n) is 7.59. The van der Waals surface area contributed by atoms with Crippen molar-refractivity contribution >= 4 is 11.6 Å². The van der Waals surface area contributed by atoms with Crippen molar-refractivity contribution < 1.29 is 19.9 Å². The maximum atomic E-state index is 12.5. The Kier molecular flexibility index (Phi) is 5.65. The highest BCUT2D eigenvalue weighted by molar-refractivity contribution is 5.76. The van der Waals surface area contributed by atoms with E-state index in [1.807, 2.05) is 0 Å². The molecular weight excluding hydrogens is 330 g/mol. The quantitative estimate of drug-likeness (QED) is 0.556. The molecule has 0 fully saturated rings. The minimum Gasteiger partial charge on any atom is -0.506 e. The summed E-state index contributed by atoms with van der Waals surface area (Å²) in [6.45, 7) is 3.36. The van der Waals surface area contributed by atoms with Gasteiger partial charge in [-0.3, -0.25) is 24.6 Å². The Hall–Kier alpha value is -3.01. The van der Waals surface area contributed by atoms with E-state index in [0.29, 0.717) is 23.4 Å². The lowest BCUT2D eigenvalue weighted by atomic mass is 10.1. The molecule has 10 heteroatoms. The fourth-order valence-corrected chi connectivity index (χ4v) is 2.34. The van der Waals surface area contributed by atoms with Crippen LogP contribution in [-0.2, 0) is 24.5 Å². The van der Waals surface area contributed by atoms with Crippen molar-refractivity contribution in [2.45, 2.75) is 33.5 Å². The van der Waals surface area contributed by atoms with Gasteiger partial charge in [0.2, 0.25) is 5.91 Å². The number of aromatic nitrogens is 3. The van der Waals surface area contributed by atoms with E-state index in [2.05, 4.69) is 10.1 Å². The molecule has 2 aromatic heterocycles. The van der Waals surface area contributed by atoms with Crippen molar-refractivity contribution in [3.8, 4) is 5.75 Å². The van der Waals surface area contributed by atoms with E-state index in [1.54, 1.807) is 13.8 Å². The number of rotatable bonds is 7. The molecule has 0 spiro atoms. The number of aryl methyl sites for hydroxylation is 1. The van der Waals surface area contributed by atoms with Crippen LogP contribution in [0.15, 0.2) is 18.6 Å². The van der Waals surface area contributed by atoms with Gasteiger partial charge in [-0.05, 0) is 13.8 Å². The molecule has 0 aliphatic heterocycles. The molecule has 0 atom stereocenters. The molecular formula is C15H19N5O5. The molecule has 0 unspecified atom stereocenters. The average molecular weight is 349 g/mol. The number of hydrogen-bond donors (Lipinski definition) is 2. The van der Waals surface area contributed by atoms with E-state index in [4.69, 9.17) is 0 Å². The second kappa shape index (κ2) is 7.71. The van der Waals surface area contributed by atoms with Crippen LogP contribution in [0.3, 0.4) is 0 Å². The molecule has 2 aromatic rings. The number of hydrogen-bond acceptors (Lipinski definition) is 7. The number of carbonyl (C=O) groups excluding carboxylic acids is 1. The van der Waals surface area contributed by atoms with Crippen LogP contribution in [0.2, 0.25) is 0 Å². The zero-order chi connectivity index (χ0) is 18.6. The maximum absolute atomic E-state index is 12.5. The van der Waals surface area contributed by atoms with Gasteiger partial charge in [0.1, 0.15) is 24.7 Å². The fraction of sp³-hybridized carbons (Fsp3) is 0.400. The number of carbonyl (C=O) groups is 1. The standard InChI is InChI=1S/C15H19N5O5/c1-3-18(7-13-11(9-21)4-16-10(2)15(13)23)14(22)8-19-6-12(5-17-19)20(24)25/h4-6,21,23H,3,7-9H2,1-2H3. The van der Waals surface area contributed by atoms with Gasteiger partial charge in [-0.2, -0.15) is 5.10 Å². The summed E-state index contributed by atoms with van der Waals surface area (Å²) in [7, 11) is 0. The van der Waals surface area contributed by atoms with Crippen molar-refractivity contribution in [3.05, 3.63) is 45.5 Å². The highest BCUT2D eigenvalue weighted by Gasteiger charge is 2.19. The molecule has 10 nitrogen and oxygen atoms in total. The van der Waals surface area contributed by atoms with E-state index >= 15 is 0 Å². The Morgan fingerprint density at radius 2 is 2.16 bits per heavy atom. The summed E-state index contributed by atoms with van der Waals surface area (Å²) in [6.07, 6.45) is 3.71. The number of nitrogens with zero attached hydrogens (tertiary/aromatic N) is 5. The van der Waals surface area contributed by atoms with Crippen molar-refractivity contribution in [1.29, 1.82) is 0 Å². The van der Waals surface area contributed by atoms with Crippen LogP contribution in [0.1, 0.15) is 23.7 Å². The highest BCUT2D eigenvalue weighted by atomic mass is 16.6. The predicted molar refractivity (Wildman–Crippen MR) is 86.5 cm³/mol. The number of nitro groups is 1. The van der Waals surface area contributed by atoms with Crippen LogP contribution >= 0.6 is 0 Å². The Labute approximate surface area is 143 Å². The topological polar surface area (TPSA) is 135 Å². The van der Waals surface area contributed by atoms with Gasteiger partial charge in [-0.1, -0.05) is 0 Å². The zero-order valence-electron chi connectivity index (χ0n) is 13.9. The number of likely N-dealkylation sites (N-methyl/N-ethyl adjacent to an activating group) is 1. The molecule has 134 valence electrons. The molecule has 2 heterocycles. The van der Waals surface area contributed by atoms with Crippen LogP contribution in [-0.4, -0.2) is 47.3 Å². The summed E-state index contributed by atoms with van der Waals surface area (Å²) in [6, 6.07) is 0. The number of aromatic hydroxyl groups is 1. The summed E-state index contributed by atoms with van der Waals surface area (Å²) in [5.41, 5.74) is 1.07. The van der Waals surface area contributed by atoms with Crippen molar-refractivity contribution in [3.63, 3.8) is 0 Å². The first-order valence-corrected chi connectivity index (χ1v) is 7.59. The van der Waals surface area contributed by atoms with Gasteiger partial charge in [-0.25, -0.2) is 0 Å². The lowest BCUT2D eigenvalue weighted by molar-refractivity contribution is -0.385. The van der Waals surface area contributed by atoms with E-state index in [9.17, 15) is 25.1 Å².